The van der Waals surface area contributed by atoms with Crippen molar-refractivity contribution in [3.05, 3.63) is 108 Å². The minimum atomic E-state index is 0.0494. The van der Waals surface area contributed by atoms with E-state index < -0.39 is 0 Å². The van der Waals surface area contributed by atoms with Gasteiger partial charge in [-0.25, -0.2) is 0 Å². The van der Waals surface area contributed by atoms with E-state index in [1.807, 2.05) is 97.9 Å². The van der Waals surface area contributed by atoms with Crippen molar-refractivity contribution in [2.24, 2.45) is 0 Å². The molecule has 1 aromatic heterocycles. The van der Waals surface area contributed by atoms with Crippen LogP contribution in [-0.4, -0.2) is 10.4 Å². The van der Waals surface area contributed by atoms with E-state index in [1.54, 1.807) is 6.92 Å². The zero-order valence-electron chi connectivity index (χ0n) is 16.6. The van der Waals surface area contributed by atoms with E-state index >= 15 is 0 Å². The molecule has 0 fully saturated rings. The van der Waals surface area contributed by atoms with Crippen molar-refractivity contribution < 1.29 is 9.53 Å². The second-order valence-electron chi connectivity index (χ2n) is 7.05. The molecule has 4 rings (SSSR count). The van der Waals surface area contributed by atoms with Crippen LogP contribution in [0.15, 0.2) is 91.0 Å². The lowest BCUT2D eigenvalue weighted by molar-refractivity contribution is 0.101. The van der Waals surface area contributed by atoms with Crippen molar-refractivity contribution >= 4 is 5.78 Å². The molecule has 0 aliphatic heterocycles. The lowest BCUT2D eigenvalue weighted by Crippen LogP contribution is -2.05. The number of benzene rings is 3. The lowest BCUT2D eigenvalue weighted by atomic mass is 10.1. The van der Waals surface area contributed by atoms with Crippen molar-refractivity contribution in [3.8, 4) is 22.7 Å². The molecule has 0 aliphatic carbocycles. The Morgan fingerprint density at radius 1 is 0.862 bits per heavy atom. The van der Waals surface area contributed by atoms with Gasteiger partial charge in [0.05, 0.1) is 11.4 Å². The number of ether oxygens (including phenoxy) is 1. The van der Waals surface area contributed by atoms with Gasteiger partial charge in [0.1, 0.15) is 12.4 Å². The van der Waals surface area contributed by atoms with E-state index in [0.717, 1.165) is 34.0 Å². The molecule has 3 aromatic carbocycles. The Balaban J connectivity index is 1.83. The first-order chi connectivity index (χ1) is 14.1. The van der Waals surface area contributed by atoms with Gasteiger partial charge < -0.3 is 9.30 Å². The van der Waals surface area contributed by atoms with Crippen LogP contribution in [-0.2, 0) is 6.61 Å². The smallest absolute Gasteiger partial charge is 0.161 e. The highest BCUT2D eigenvalue weighted by Gasteiger charge is 2.20. The van der Waals surface area contributed by atoms with Crippen LogP contribution in [0.4, 0.5) is 0 Å². The largest absolute Gasteiger partial charge is 0.487 e. The first kappa shape index (κ1) is 18.8. The molecule has 0 aliphatic rings. The normalized spacial score (nSPS) is 10.7. The summed E-state index contributed by atoms with van der Waals surface area (Å²) in [6.45, 7) is 4.12. The van der Waals surface area contributed by atoms with Gasteiger partial charge in [-0.3, -0.25) is 4.79 Å². The molecule has 3 nitrogen and oxygen atoms in total. The van der Waals surface area contributed by atoms with Gasteiger partial charge >= 0.3 is 0 Å². The van der Waals surface area contributed by atoms with E-state index in [-0.39, 0.29) is 5.78 Å². The first-order valence-electron chi connectivity index (χ1n) is 9.70. The van der Waals surface area contributed by atoms with Crippen LogP contribution < -0.4 is 4.74 Å². The summed E-state index contributed by atoms with van der Waals surface area (Å²) in [6, 6.07) is 30.1. The third kappa shape index (κ3) is 3.85. The summed E-state index contributed by atoms with van der Waals surface area (Å²) in [5.41, 5.74) is 5.64. The van der Waals surface area contributed by atoms with E-state index in [0.29, 0.717) is 12.2 Å². The number of nitrogens with zero attached hydrogens (tertiary/aromatic N) is 1. The molecule has 3 heteroatoms. The average Bonchev–Trinajstić information content (AvgIpc) is 3.11. The Morgan fingerprint density at radius 2 is 1.48 bits per heavy atom. The maximum Gasteiger partial charge on any atom is 0.161 e. The van der Waals surface area contributed by atoms with E-state index in [9.17, 15) is 4.79 Å². The summed E-state index contributed by atoms with van der Waals surface area (Å²) < 4.78 is 8.30. The fourth-order valence-corrected chi connectivity index (χ4v) is 3.60. The number of carbonyl (C=O) groups excluding carboxylic acids is 1. The molecule has 29 heavy (non-hydrogen) atoms. The standard InChI is InChI=1S/C26H23NO2/c1-19-17-23(20(2)28)26(22-13-7-4-8-14-22)27(19)24-15-9-10-16-25(24)29-18-21-11-5-3-6-12-21/h3-17H,18H2,1-2H3. The number of ketones is 1. The molecule has 0 N–H and O–H groups in total. The average molecular weight is 381 g/mol. The van der Waals surface area contributed by atoms with Crippen molar-refractivity contribution in [3.63, 3.8) is 0 Å². The van der Waals surface area contributed by atoms with Gasteiger partial charge in [0, 0.05) is 11.3 Å². The minimum absolute atomic E-state index is 0.0494. The number of aryl methyl sites for hydroxylation is 1. The number of hydrogen-bond donors (Lipinski definition) is 0. The highest BCUT2D eigenvalue weighted by Crippen LogP contribution is 2.35. The second-order valence-corrected chi connectivity index (χ2v) is 7.05. The van der Waals surface area contributed by atoms with Crippen molar-refractivity contribution in [1.82, 2.24) is 4.57 Å². The predicted molar refractivity (Wildman–Crippen MR) is 117 cm³/mol. The Kier molecular flexibility index (Phi) is 5.30. The molecule has 0 atom stereocenters. The molecule has 0 saturated heterocycles. The van der Waals surface area contributed by atoms with E-state index in [1.165, 1.54) is 0 Å². The summed E-state index contributed by atoms with van der Waals surface area (Å²) in [4.78, 5) is 12.4. The van der Waals surface area contributed by atoms with Gasteiger partial charge in [0.2, 0.25) is 0 Å². The van der Waals surface area contributed by atoms with Crippen LogP contribution in [0.25, 0.3) is 16.9 Å². The summed E-state index contributed by atoms with van der Waals surface area (Å²) in [5.74, 6) is 0.829. The third-order valence-electron chi connectivity index (χ3n) is 4.95. The van der Waals surface area contributed by atoms with Crippen LogP contribution in [0.3, 0.4) is 0 Å². The van der Waals surface area contributed by atoms with Gasteiger partial charge in [0.25, 0.3) is 0 Å². The Bertz CT molecular complexity index is 1130. The second kappa shape index (κ2) is 8.19. The topological polar surface area (TPSA) is 31.2 Å². The number of hydrogen-bond acceptors (Lipinski definition) is 2. The predicted octanol–water partition coefficient (Wildman–Crippen LogP) is 6.23. The minimum Gasteiger partial charge on any atom is -0.487 e. The number of rotatable bonds is 6. The molecule has 0 amide bonds. The van der Waals surface area contributed by atoms with Gasteiger partial charge in [-0.05, 0) is 43.2 Å². The maximum absolute atomic E-state index is 12.4. The van der Waals surface area contributed by atoms with Crippen LogP contribution >= 0.6 is 0 Å². The molecule has 0 saturated carbocycles. The van der Waals surface area contributed by atoms with E-state index in [4.69, 9.17) is 4.74 Å². The molecular weight excluding hydrogens is 358 g/mol. The highest BCUT2D eigenvalue weighted by atomic mass is 16.5. The van der Waals surface area contributed by atoms with Crippen molar-refractivity contribution in [2.45, 2.75) is 20.5 Å². The van der Waals surface area contributed by atoms with Gasteiger partial charge in [-0.2, -0.15) is 0 Å². The van der Waals surface area contributed by atoms with E-state index in [2.05, 4.69) is 4.57 Å². The Morgan fingerprint density at radius 3 is 2.17 bits per heavy atom. The molecule has 144 valence electrons. The molecule has 0 unspecified atom stereocenters. The monoisotopic (exact) mass is 381 g/mol. The SMILES string of the molecule is CC(=O)c1cc(C)n(-c2ccccc2OCc2ccccc2)c1-c1ccccc1. The lowest BCUT2D eigenvalue weighted by Gasteiger charge is -2.17. The summed E-state index contributed by atoms with van der Waals surface area (Å²) in [7, 11) is 0. The molecular formula is C26H23NO2. The fraction of sp³-hybridized carbons (Fsp3) is 0.115. The summed E-state index contributed by atoms with van der Waals surface area (Å²) in [5, 5.41) is 0. The van der Waals surface area contributed by atoms with Gasteiger partial charge in [-0.1, -0.05) is 72.8 Å². The van der Waals surface area contributed by atoms with Crippen LogP contribution in [0.5, 0.6) is 5.75 Å². The summed E-state index contributed by atoms with van der Waals surface area (Å²) >= 11 is 0. The number of carbonyl (C=O) groups is 1. The Labute approximate surface area is 171 Å². The van der Waals surface area contributed by atoms with Crippen LogP contribution in [0.2, 0.25) is 0 Å². The summed E-state index contributed by atoms with van der Waals surface area (Å²) in [6.07, 6.45) is 0. The molecule has 1 heterocycles. The zero-order chi connectivity index (χ0) is 20.2. The fourth-order valence-electron chi connectivity index (χ4n) is 3.60. The molecule has 0 spiro atoms. The highest BCUT2D eigenvalue weighted by molar-refractivity contribution is 6.01. The van der Waals surface area contributed by atoms with Crippen molar-refractivity contribution in [1.29, 1.82) is 0 Å². The zero-order valence-corrected chi connectivity index (χ0v) is 16.6. The Hall–Kier alpha value is -3.59. The molecule has 4 aromatic rings. The maximum atomic E-state index is 12.4. The molecule has 0 bridgehead atoms. The molecule has 0 radical (unpaired) electrons. The first-order valence-corrected chi connectivity index (χ1v) is 9.70. The number of aromatic nitrogens is 1. The number of para-hydroxylation sites is 2. The van der Waals surface area contributed by atoms with Crippen LogP contribution in [0.1, 0.15) is 28.5 Å². The number of Topliss-reactive ketones (excluding diaryl/α,β-unsaturated/α-hetero) is 1. The van der Waals surface area contributed by atoms with Crippen LogP contribution in [0, 0.1) is 6.92 Å². The quantitative estimate of drug-likeness (QED) is 0.371. The third-order valence-corrected chi connectivity index (χ3v) is 4.95. The van der Waals surface area contributed by atoms with Gasteiger partial charge in [0.15, 0.2) is 5.78 Å². The van der Waals surface area contributed by atoms with Gasteiger partial charge in [-0.15, -0.1) is 0 Å². The van der Waals surface area contributed by atoms with Crippen molar-refractivity contribution in [2.75, 3.05) is 0 Å².